The number of fused-ring (bicyclic) bond motifs is 1. The van der Waals surface area contributed by atoms with E-state index in [1.54, 1.807) is 20.8 Å². The maximum Gasteiger partial charge on any atom is 0.239 e. The standard InChI is InChI=1S/C31H40O13/c1-12(5-8-21-27(39)25(37)13(2)14(3)42-21)24(36)29(41)26(38)15(4)43-31-28(40)23-20(35)10-17(32)11-22(23)44-30(31)16-6-7-18(33)19(34)9-16/h6-7,9-15,21,24-27,29,32-39,41H,5,8H2,1-4H3. The molecule has 13 heteroatoms. The Morgan fingerprint density at radius 2 is 1.55 bits per heavy atom. The topological polar surface area (TPSA) is 231 Å². The van der Waals surface area contributed by atoms with Crippen molar-refractivity contribution in [1.29, 1.82) is 0 Å². The number of phenols is 4. The van der Waals surface area contributed by atoms with Crippen LogP contribution in [-0.4, -0.2) is 94.8 Å². The average Bonchev–Trinajstić information content (AvgIpc) is 2.98. The summed E-state index contributed by atoms with van der Waals surface area (Å²) in [7, 11) is 0. The molecule has 0 spiro atoms. The molecule has 44 heavy (non-hydrogen) atoms. The smallest absolute Gasteiger partial charge is 0.239 e. The summed E-state index contributed by atoms with van der Waals surface area (Å²) in [5.74, 6) is -3.65. The molecule has 1 aliphatic rings. The van der Waals surface area contributed by atoms with Crippen LogP contribution >= 0.6 is 0 Å². The number of rotatable bonds is 10. The minimum atomic E-state index is -1.75. The Morgan fingerprint density at radius 3 is 2.20 bits per heavy atom. The summed E-state index contributed by atoms with van der Waals surface area (Å²) in [6.45, 7) is 6.54. The molecule has 0 bridgehead atoms. The second kappa shape index (κ2) is 13.2. The van der Waals surface area contributed by atoms with E-state index in [-0.39, 0.29) is 47.2 Å². The zero-order chi connectivity index (χ0) is 32.6. The number of aliphatic hydroxyl groups is 5. The molecular weight excluding hydrogens is 580 g/mol. The highest BCUT2D eigenvalue weighted by atomic mass is 16.5. The lowest BCUT2D eigenvalue weighted by Gasteiger charge is -2.41. The number of hydrogen-bond acceptors (Lipinski definition) is 13. The molecule has 10 unspecified atom stereocenters. The highest BCUT2D eigenvalue weighted by Gasteiger charge is 2.41. The van der Waals surface area contributed by atoms with Crippen LogP contribution < -0.4 is 10.2 Å². The van der Waals surface area contributed by atoms with Gasteiger partial charge >= 0.3 is 0 Å². The zero-order valence-electron chi connectivity index (χ0n) is 24.7. The third-order valence-corrected chi connectivity index (χ3v) is 8.53. The van der Waals surface area contributed by atoms with Gasteiger partial charge in [0.1, 0.15) is 46.9 Å². The third kappa shape index (κ3) is 6.58. The number of benzene rings is 2. The highest BCUT2D eigenvalue weighted by Crippen LogP contribution is 2.39. The van der Waals surface area contributed by atoms with Crippen molar-refractivity contribution in [3.05, 3.63) is 40.6 Å². The lowest BCUT2D eigenvalue weighted by Crippen LogP contribution is -2.53. The minimum absolute atomic E-state index is 0.0639. The fourth-order valence-electron chi connectivity index (χ4n) is 5.43. The van der Waals surface area contributed by atoms with Crippen molar-refractivity contribution in [3.63, 3.8) is 0 Å². The van der Waals surface area contributed by atoms with E-state index in [1.165, 1.54) is 13.0 Å². The van der Waals surface area contributed by atoms with E-state index in [1.807, 2.05) is 0 Å². The number of phenolic OH excluding ortho intramolecular Hbond substituents is 4. The van der Waals surface area contributed by atoms with Crippen LogP contribution in [0.1, 0.15) is 40.5 Å². The Hall–Kier alpha value is -3.59. The van der Waals surface area contributed by atoms with Crippen molar-refractivity contribution in [2.45, 2.75) is 89.4 Å². The molecule has 13 nitrogen and oxygen atoms in total. The number of aliphatic hydroxyl groups excluding tert-OH is 5. The first-order valence-electron chi connectivity index (χ1n) is 14.4. The summed E-state index contributed by atoms with van der Waals surface area (Å²) in [6, 6.07) is 5.54. The molecule has 242 valence electrons. The van der Waals surface area contributed by atoms with Gasteiger partial charge < -0.3 is 59.8 Å². The van der Waals surface area contributed by atoms with E-state index >= 15 is 0 Å². The van der Waals surface area contributed by atoms with Crippen LogP contribution in [0.25, 0.3) is 22.3 Å². The van der Waals surface area contributed by atoms with E-state index in [0.717, 1.165) is 24.3 Å². The van der Waals surface area contributed by atoms with Gasteiger partial charge in [-0.15, -0.1) is 0 Å². The molecule has 2 aromatic carbocycles. The minimum Gasteiger partial charge on any atom is -0.508 e. The molecule has 1 saturated heterocycles. The predicted molar refractivity (Wildman–Crippen MR) is 157 cm³/mol. The van der Waals surface area contributed by atoms with Crippen LogP contribution in [0.15, 0.2) is 39.5 Å². The summed E-state index contributed by atoms with van der Waals surface area (Å²) in [6.07, 6.45) is -8.81. The van der Waals surface area contributed by atoms with Gasteiger partial charge in [-0.05, 0) is 50.8 Å². The number of aromatic hydroxyl groups is 4. The van der Waals surface area contributed by atoms with Gasteiger partial charge in [-0.2, -0.15) is 0 Å². The molecule has 0 amide bonds. The molecule has 1 aromatic heterocycles. The Bertz CT molecular complexity index is 1520. The SMILES string of the molecule is CC(CCC1OC(C)C(C)C(O)C1O)C(O)C(O)C(O)C(C)Oc1c(-c2ccc(O)c(O)c2)oc2cc(O)cc(O)c2c1=O. The van der Waals surface area contributed by atoms with Gasteiger partial charge in [-0.25, -0.2) is 0 Å². The van der Waals surface area contributed by atoms with Crippen LogP contribution in [0, 0.1) is 11.8 Å². The molecule has 9 N–H and O–H groups in total. The lowest BCUT2D eigenvalue weighted by molar-refractivity contribution is -0.194. The first-order chi connectivity index (χ1) is 20.6. The van der Waals surface area contributed by atoms with Crippen LogP contribution in [0.3, 0.4) is 0 Å². The monoisotopic (exact) mass is 620 g/mol. The van der Waals surface area contributed by atoms with Crippen molar-refractivity contribution in [2.75, 3.05) is 0 Å². The fraction of sp³-hybridized carbons (Fsp3) is 0.516. The predicted octanol–water partition coefficient (Wildman–Crippen LogP) is 1.69. The second-order valence-electron chi connectivity index (χ2n) is 11.7. The van der Waals surface area contributed by atoms with Crippen LogP contribution in [-0.2, 0) is 4.74 Å². The van der Waals surface area contributed by atoms with E-state index < -0.39 is 82.8 Å². The highest BCUT2D eigenvalue weighted by molar-refractivity contribution is 5.88. The molecule has 0 saturated carbocycles. The van der Waals surface area contributed by atoms with Crippen LogP contribution in [0.2, 0.25) is 0 Å². The van der Waals surface area contributed by atoms with Crippen LogP contribution in [0.4, 0.5) is 0 Å². The van der Waals surface area contributed by atoms with Gasteiger partial charge in [0, 0.05) is 23.6 Å². The van der Waals surface area contributed by atoms with Crippen molar-refractivity contribution in [3.8, 4) is 40.1 Å². The second-order valence-corrected chi connectivity index (χ2v) is 11.7. The molecular formula is C31H40O13. The van der Waals surface area contributed by atoms with E-state index in [4.69, 9.17) is 13.9 Å². The fourth-order valence-corrected chi connectivity index (χ4v) is 5.43. The van der Waals surface area contributed by atoms with E-state index in [0.29, 0.717) is 0 Å². The van der Waals surface area contributed by atoms with E-state index in [9.17, 15) is 50.8 Å². The summed E-state index contributed by atoms with van der Waals surface area (Å²) < 4.78 is 17.4. The zero-order valence-corrected chi connectivity index (χ0v) is 24.7. The molecule has 10 atom stereocenters. The first-order valence-corrected chi connectivity index (χ1v) is 14.4. The third-order valence-electron chi connectivity index (χ3n) is 8.53. The van der Waals surface area contributed by atoms with Crippen LogP contribution in [0.5, 0.6) is 28.7 Å². The Morgan fingerprint density at radius 1 is 0.864 bits per heavy atom. The molecule has 3 aromatic rings. The molecule has 2 heterocycles. The Balaban J connectivity index is 1.55. The number of hydrogen-bond donors (Lipinski definition) is 9. The largest absolute Gasteiger partial charge is 0.508 e. The van der Waals surface area contributed by atoms with Crippen molar-refractivity contribution in [2.24, 2.45) is 11.8 Å². The molecule has 1 aliphatic heterocycles. The van der Waals surface area contributed by atoms with Gasteiger partial charge in [0.05, 0.1) is 24.4 Å². The maximum absolute atomic E-state index is 13.5. The summed E-state index contributed by atoms with van der Waals surface area (Å²) in [5.41, 5.74) is -1.05. The lowest BCUT2D eigenvalue weighted by atomic mass is 9.85. The molecule has 1 fully saturated rings. The van der Waals surface area contributed by atoms with Gasteiger partial charge in [0.15, 0.2) is 17.3 Å². The molecule has 4 rings (SSSR count). The van der Waals surface area contributed by atoms with E-state index in [2.05, 4.69) is 0 Å². The summed E-state index contributed by atoms with van der Waals surface area (Å²) >= 11 is 0. The molecule has 0 aliphatic carbocycles. The van der Waals surface area contributed by atoms with Gasteiger partial charge in [0.2, 0.25) is 11.2 Å². The first kappa shape index (κ1) is 33.3. The maximum atomic E-state index is 13.5. The average molecular weight is 621 g/mol. The normalized spacial score (nSPS) is 25.7. The number of ether oxygens (including phenoxy) is 2. The van der Waals surface area contributed by atoms with Gasteiger partial charge in [-0.3, -0.25) is 4.79 Å². The quantitative estimate of drug-likeness (QED) is 0.147. The summed E-state index contributed by atoms with van der Waals surface area (Å²) in [5, 5.41) is 93.0. The van der Waals surface area contributed by atoms with Crippen molar-refractivity contribution < 1.29 is 59.8 Å². The Labute approximate surface area is 252 Å². The Kier molecular flexibility index (Phi) is 9.98. The van der Waals surface area contributed by atoms with Gasteiger partial charge in [0.25, 0.3) is 0 Å². The van der Waals surface area contributed by atoms with Gasteiger partial charge in [-0.1, -0.05) is 13.8 Å². The van der Waals surface area contributed by atoms with Crippen molar-refractivity contribution in [1.82, 2.24) is 0 Å². The van der Waals surface area contributed by atoms with Crippen molar-refractivity contribution >= 4 is 11.0 Å². The molecule has 0 radical (unpaired) electrons. The summed E-state index contributed by atoms with van der Waals surface area (Å²) in [4.78, 5) is 13.5.